The predicted octanol–water partition coefficient (Wildman–Crippen LogP) is 3.62. The molecule has 1 aliphatic rings. The number of aryl methyl sites for hydroxylation is 1. The summed E-state index contributed by atoms with van der Waals surface area (Å²) in [5, 5.41) is 3.95. The lowest BCUT2D eigenvalue weighted by Crippen LogP contribution is -2.37. The Morgan fingerprint density at radius 2 is 2.00 bits per heavy atom. The van der Waals surface area contributed by atoms with Crippen molar-refractivity contribution in [3.05, 3.63) is 60.0 Å². The molecule has 1 amide bonds. The van der Waals surface area contributed by atoms with Crippen LogP contribution in [0, 0.1) is 6.92 Å². The van der Waals surface area contributed by atoms with Crippen molar-refractivity contribution in [1.82, 2.24) is 10.1 Å². The van der Waals surface area contributed by atoms with Crippen molar-refractivity contribution in [2.24, 2.45) is 0 Å². The fourth-order valence-electron chi connectivity index (χ4n) is 3.06. The van der Waals surface area contributed by atoms with E-state index in [0.29, 0.717) is 11.6 Å². The number of rotatable bonds is 6. The average molecular weight is 409 g/mol. The smallest absolute Gasteiger partial charge is 0.308 e. The Kier molecular flexibility index (Phi) is 5.62. The molecule has 0 bridgehead atoms. The minimum Gasteiger partial charge on any atom is -0.456 e. The monoisotopic (exact) mass is 409 g/mol. The van der Waals surface area contributed by atoms with Crippen LogP contribution in [0.4, 0.5) is 5.69 Å². The molecule has 0 N–H and O–H groups in total. The van der Waals surface area contributed by atoms with E-state index in [0.717, 1.165) is 21.7 Å². The van der Waals surface area contributed by atoms with Crippen LogP contribution in [0.15, 0.2) is 57.9 Å². The molecule has 0 atom stereocenters. The standard InChI is InChI=1S/C21H19N3O4S/c1-14-6-2-3-7-15(14)21-22-18(28-23-21)12-27-20(26)10-11-24-16-8-4-5-9-17(16)29-13-19(24)25/h2-9H,10-13H2,1H3. The number of thioether (sulfide) groups is 1. The molecule has 0 saturated carbocycles. The van der Waals surface area contributed by atoms with Gasteiger partial charge in [-0.3, -0.25) is 9.59 Å². The molecule has 8 heteroatoms. The van der Waals surface area contributed by atoms with Crippen LogP contribution in [0.25, 0.3) is 11.4 Å². The Morgan fingerprint density at radius 1 is 1.21 bits per heavy atom. The maximum Gasteiger partial charge on any atom is 0.308 e. The maximum absolute atomic E-state index is 12.2. The Labute approximate surface area is 172 Å². The van der Waals surface area contributed by atoms with Gasteiger partial charge in [-0.15, -0.1) is 11.8 Å². The van der Waals surface area contributed by atoms with Crippen LogP contribution in [0.2, 0.25) is 0 Å². The number of anilines is 1. The Hall–Kier alpha value is -3.13. The van der Waals surface area contributed by atoms with Gasteiger partial charge >= 0.3 is 5.97 Å². The predicted molar refractivity (Wildman–Crippen MR) is 108 cm³/mol. The van der Waals surface area contributed by atoms with E-state index in [1.807, 2.05) is 55.5 Å². The molecule has 0 radical (unpaired) electrons. The summed E-state index contributed by atoms with van der Waals surface area (Å²) in [5.74, 6) is 0.621. The topological polar surface area (TPSA) is 85.5 Å². The molecule has 148 valence electrons. The number of benzene rings is 2. The number of carbonyl (C=O) groups is 2. The highest BCUT2D eigenvalue weighted by molar-refractivity contribution is 8.00. The summed E-state index contributed by atoms with van der Waals surface area (Å²) >= 11 is 1.51. The summed E-state index contributed by atoms with van der Waals surface area (Å²) in [6.45, 7) is 2.13. The molecule has 7 nitrogen and oxygen atoms in total. The second-order valence-corrected chi connectivity index (χ2v) is 7.56. The lowest BCUT2D eigenvalue weighted by Gasteiger charge is -2.28. The van der Waals surface area contributed by atoms with E-state index in [1.54, 1.807) is 4.90 Å². The van der Waals surface area contributed by atoms with E-state index in [4.69, 9.17) is 9.26 Å². The lowest BCUT2D eigenvalue weighted by atomic mass is 10.1. The van der Waals surface area contributed by atoms with Gasteiger partial charge in [0.1, 0.15) is 0 Å². The number of aromatic nitrogens is 2. The van der Waals surface area contributed by atoms with Crippen molar-refractivity contribution < 1.29 is 18.8 Å². The Balaban J connectivity index is 1.32. The van der Waals surface area contributed by atoms with Crippen LogP contribution in [0.1, 0.15) is 17.9 Å². The highest BCUT2D eigenvalue weighted by atomic mass is 32.2. The van der Waals surface area contributed by atoms with Crippen LogP contribution in [-0.2, 0) is 20.9 Å². The SMILES string of the molecule is Cc1ccccc1-c1noc(COC(=O)CCN2C(=O)CSc3ccccc32)n1. The normalized spacial score (nSPS) is 13.3. The van der Waals surface area contributed by atoms with E-state index in [2.05, 4.69) is 10.1 Å². The zero-order chi connectivity index (χ0) is 20.2. The first-order chi connectivity index (χ1) is 14.1. The van der Waals surface area contributed by atoms with E-state index < -0.39 is 5.97 Å². The van der Waals surface area contributed by atoms with Gasteiger partial charge < -0.3 is 14.2 Å². The molecular weight excluding hydrogens is 390 g/mol. The first-order valence-electron chi connectivity index (χ1n) is 9.18. The molecule has 0 aliphatic carbocycles. The van der Waals surface area contributed by atoms with Crippen LogP contribution < -0.4 is 4.90 Å². The fraction of sp³-hybridized carbons (Fsp3) is 0.238. The molecule has 1 aliphatic heterocycles. The number of esters is 1. The largest absolute Gasteiger partial charge is 0.456 e. The van der Waals surface area contributed by atoms with Crippen LogP contribution in [0.3, 0.4) is 0 Å². The molecule has 1 aromatic heterocycles. The number of para-hydroxylation sites is 1. The molecule has 2 aromatic carbocycles. The zero-order valence-electron chi connectivity index (χ0n) is 15.8. The van der Waals surface area contributed by atoms with Crippen molar-refractivity contribution in [2.45, 2.75) is 24.8 Å². The Bertz CT molecular complexity index is 1050. The summed E-state index contributed by atoms with van der Waals surface area (Å²) in [5.41, 5.74) is 2.73. The third-order valence-electron chi connectivity index (χ3n) is 4.56. The average Bonchev–Trinajstić information content (AvgIpc) is 3.20. The summed E-state index contributed by atoms with van der Waals surface area (Å²) in [6, 6.07) is 15.4. The van der Waals surface area contributed by atoms with Gasteiger partial charge in [0.05, 0.1) is 17.9 Å². The minimum absolute atomic E-state index is 0.0127. The van der Waals surface area contributed by atoms with E-state index in [1.165, 1.54) is 11.8 Å². The highest BCUT2D eigenvalue weighted by Gasteiger charge is 2.25. The van der Waals surface area contributed by atoms with Crippen LogP contribution in [0.5, 0.6) is 0 Å². The molecule has 4 rings (SSSR count). The second kappa shape index (κ2) is 8.48. The number of amides is 1. The first-order valence-corrected chi connectivity index (χ1v) is 10.2. The molecule has 2 heterocycles. The van der Waals surface area contributed by atoms with Crippen LogP contribution in [-0.4, -0.2) is 34.3 Å². The summed E-state index contributed by atoms with van der Waals surface area (Å²) in [6.07, 6.45) is 0.0868. The maximum atomic E-state index is 12.2. The second-order valence-electron chi connectivity index (χ2n) is 6.54. The van der Waals surface area contributed by atoms with Gasteiger partial charge in [-0.25, -0.2) is 0 Å². The third kappa shape index (κ3) is 4.32. The lowest BCUT2D eigenvalue weighted by molar-refractivity contribution is -0.145. The van der Waals surface area contributed by atoms with Crippen molar-refractivity contribution in [3.8, 4) is 11.4 Å². The van der Waals surface area contributed by atoms with Gasteiger partial charge in [0.15, 0.2) is 6.61 Å². The summed E-state index contributed by atoms with van der Waals surface area (Å²) in [7, 11) is 0. The summed E-state index contributed by atoms with van der Waals surface area (Å²) in [4.78, 5) is 31.3. The van der Waals surface area contributed by atoms with Crippen molar-refractivity contribution in [1.29, 1.82) is 0 Å². The number of ether oxygens (including phenoxy) is 1. The van der Waals surface area contributed by atoms with Crippen molar-refractivity contribution >= 4 is 29.3 Å². The van der Waals surface area contributed by atoms with Gasteiger partial charge in [0, 0.05) is 17.0 Å². The van der Waals surface area contributed by atoms with E-state index >= 15 is 0 Å². The van der Waals surface area contributed by atoms with Gasteiger partial charge in [-0.05, 0) is 24.6 Å². The fourth-order valence-corrected chi connectivity index (χ4v) is 4.00. The molecular formula is C21H19N3O4S. The first kappa shape index (κ1) is 19.2. The van der Waals surface area contributed by atoms with Crippen molar-refractivity contribution in [3.63, 3.8) is 0 Å². The molecule has 3 aromatic rings. The number of hydrogen-bond acceptors (Lipinski definition) is 7. The van der Waals surface area contributed by atoms with E-state index in [-0.39, 0.29) is 31.4 Å². The zero-order valence-corrected chi connectivity index (χ0v) is 16.6. The van der Waals surface area contributed by atoms with Gasteiger partial charge in [-0.2, -0.15) is 4.98 Å². The molecule has 0 saturated heterocycles. The van der Waals surface area contributed by atoms with Gasteiger partial charge in [0.2, 0.25) is 11.7 Å². The molecule has 0 fully saturated rings. The van der Waals surface area contributed by atoms with Gasteiger partial charge in [-0.1, -0.05) is 41.6 Å². The summed E-state index contributed by atoms with van der Waals surface area (Å²) < 4.78 is 10.4. The van der Waals surface area contributed by atoms with E-state index in [9.17, 15) is 9.59 Å². The molecule has 0 spiro atoms. The highest BCUT2D eigenvalue weighted by Crippen LogP contribution is 2.34. The number of nitrogens with zero attached hydrogens (tertiary/aromatic N) is 3. The quantitative estimate of drug-likeness (QED) is 0.575. The van der Waals surface area contributed by atoms with Gasteiger partial charge in [0.25, 0.3) is 5.89 Å². The molecule has 0 unspecified atom stereocenters. The third-order valence-corrected chi connectivity index (χ3v) is 5.61. The number of carbonyl (C=O) groups excluding carboxylic acids is 2. The number of hydrogen-bond donors (Lipinski definition) is 0. The Morgan fingerprint density at radius 3 is 2.86 bits per heavy atom. The van der Waals surface area contributed by atoms with Crippen molar-refractivity contribution in [2.75, 3.05) is 17.2 Å². The molecule has 29 heavy (non-hydrogen) atoms. The number of fused-ring (bicyclic) bond motifs is 1. The minimum atomic E-state index is -0.427. The van der Waals surface area contributed by atoms with Crippen LogP contribution >= 0.6 is 11.8 Å².